The van der Waals surface area contributed by atoms with E-state index in [0.29, 0.717) is 49.4 Å². The molecule has 0 atom stereocenters. The minimum absolute atomic E-state index is 0.0550. The topological polar surface area (TPSA) is 78.0 Å². The van der Waals surface area contributed by atoms with Crippen molar-refractivity contribution in [1.29, 1.82) is 0 Å². The zero-order chi connectivity index (χ0) is 22.6. The van der Waals surface area contributed by atoms with Crippen LogP contribution in [-0.4, -0.2) is 62.2 Å². The Morgan fingerprint density at radius 2 is 1.44 bits per heavy atom. The smallest absolute Gasteiger partial charge is 0.253 e. The molecule has 0 spiro atoms. The van der Waals surface area contributed by atoms with E-state index >= 15 is 0 Å². The Morgan fingerprint density at radius 3 is 2.09 bits per heavy atom. The number of benzene rings is 2. The molecule has 1 fully saturated rings. The van der Waals surface area contributed by atoms with Gasteiger partial charge in [-0.2, -0.15) is 4.31 Å². The van der Waals surface area contributed by atoms with E-state index in [0.717, 1.165) is 27.9 Å². The minimum atomic E-state index is -3.66. The zero-order valence-corrected chi connectivity index (χ0v) is 19.2. The fourth-order valence-corrected chi connectivity index (χ4v) is 6.66. The van der Waals surface area contributed by atoms with Crippen LogP contribution in [0.1, 0.15) is 39.0 Å². The summed E-state index contributed by atoms with van der Waals surface area (Å²) in [5, 5.41) is 0. The van der Waals surface area contributed by atoms with Crippen molar-refractivity contribution in [3.05, 3.63) is 58.1 Å². The van der Waals surface area contributed by atoms with Gasteiger partial charge in [-0.3, -0.25) is 9.59 Å². The lowest BCUT2D eigenvalue weighted by Gasteiger charge is -2.34. The lowest BCUT2D eigenvalue weighted by Crippen LogP contribution is -2.50. The fraction of sp³-hybridized carbons (Fsp3) is 0.417. The van der Waals surface area contributed by atoms with Gasteiger partial charge < -0.3 is 9.80 Å². The number of hydrogen-bond donors (Lipinski definition) is 0. The van der Waals surface area contributed by atoms with Gasteiger partial charge in [0, 0.05) is 44.7 Å². The maximum absolute atomic E-state index is 13.4. The standard InChI is InChI=1S/C24H27N3O4S/c1-16-11-17(2)13-20(12-16)24(29)25-7-9-26(10-8-25)32(30,31)21-14-18-3-4-22(28)27-6-5-19(15-21)23(18)27/h11-15H,3-10H2,1-2H3. The van der Waals surface area contributed by atoms with Gasteiger partial charge in [0.05, 0.1) is 10.6 Å². The molecule has 0 aliphatic carbocycles. The van der Waals surface area contributed by atoms with Gasteiger partial charge in [-0.1, -0.05) is 17.2 Å². The van der Waals surface area contributed by atoms with Crippen molar-refractivity contribution in [2.45, 2.75) is 38.0 Å². The highest BCUT2D eigenvalue weighted by Gasteiger charge is 2.35. The van der Waals surface area contributed by atoms with Crippen molar-refractivity contribution in [3.8, 4) is 0 Å². The maximum Gasteiger partial charge on any atom is 0.253 e. The van der Waals surface area contributed by atoms with Crippen LogP contribution in [-0.2, 0) is 27.7 Å². The first kappa shape index (κ1) is 21.2. The van der Waals surface area contributed by atoms with Gasteiger partial charge in [-0.15, -0.1) is 0 Å². The molecule has 0 bridgehead atoms. The van der Waals surface area contributed by atoms with Crippen molar-refractivity contribution < 1.29 is 18.0 Å². The van der Waals surface area contributed by atoms with E-state index < -0.39 is 10.0 Å². The number of hydrogen-bond acceptors (Lipinski definition) is 4. The quantitative estimate of drug-likeness (QED) is 0.715. The van der Waals surface area contributed by atoms with Crippen LogP contribution < -0.4 is 4.90 Å². The first-order valence-electron chi connectivity index (χ1n) is 11.1. The lowest BCUT2D eigenvalue weighted by atomic mass is 10.00. The molecule has 0 radical (unpaired) electrons. The highest BCUT2D eigenvalue weighted by molar-refractivity contribution is 7.89. The highest BCUT2D eigenvalue weighted by atomic mass is 32.2. The Balaban J connectivity index is 1.34. The van der Waals surface area contributed by atoms with Crippen molar-refractivity contribution in [2.24, 2.45) is 0 Å². The third kappa shape index (κ3) is 3.51. The SMILES string of the molecule is Cc1cc(C)cc(C(=O)N2CCN(S(=O)(=O)c3cc4c5c(c3)CCN5C(=O)CC4)CC2)c1. The largest absolute Gasteiger partial charge is 0.336 e. The first-order chi connectivity index (χ1) is 15.2. The third-order valence-corrected chi connectivity index (χ3v) is 8.53. The summed E-state index contributed by atoms with van der Waals surface area (Å²) < 4.78 is 28.3. The molecule has 8 heteroatoms. The van der Waals surface area contributed by atoms with Crippen molar-refractivity contribution in [1.82, 2.24) is 9.21 Å². The average Bonchev–Trinajstić information content (AvgIpc) is 3.20. The summed E-state index contributed by atoms with van der Waals surface area (Å²) >= 11 is 0. The second-order valence-corrected chi connectivity index (χ2v) is 10.9. The van der Waals surface area contributed by atoms with Gasteiger partial charge in [0.25, 0.3) is 5.91 Å². The Morgan fingerprint density at radius 1 is 0.812 bits per heavy atom. The lowest BCUT2D eigenvalue weighted by molar-refractivity contribution is -0.118. The third-order valence-electron chi connectivity index (χ3n) is 6.66. The number of piperazine rings is 1. The molecule has 0 N–H and O–H groups in total. The van der Waals surface area contributed by atoms with Crippen LogP contribution in [0, 0.1) is 13.8 Å². The second kappa shape index (κ2) is 7.71. The second-order valence-electron chi connectivity index (χ2n) is 8.96. The van der Waals surface area contributed by atoms with Crippen LogP contribution >= 0.6 is 0 Å². The van der Waals surface area contributed by atoms with E-state index in [-0.39, 0.29) is 24.9 Å². The highest BCUT2D eigenvalue weighted by Crippen LogP contribution is 2.39. The summed E-state index contributed by atoms with van der Waals surface area (Å²) in [7, 11) is -3.66. The summed E-state index contributed by atoms with van der Waals surface area (Å²) in [5.74, 6) is 0.0667. The summed E-state index contributed by atoms with van der Waals surface area (Å²) in [6.07, 6.45) is 1.70. The predicted octanol–water partition coefficient (Wildman–Crippen LogP) is 2.29. The average molecular weight is 454 g/mol. The fourth-order valence-electron chi connectivity index (χ4n) is 5.14. The number of anilines is 1. The van der Waals surface area contributed by atoms with E-state index in [1.807, 2.05) is 32.0 Å². The van der Waals surface area contributed by atoms with E-state index in [2.05, 4.69) is 0 Å². The number of carbonyl (C=O) groups is 2. The number of carbonyl (C=O) groups excluding carboxylic acids is 2. The van der Waals surface area contributed by atoms with Crippen LogP contribution in [0.2, 0.25) is 0 Å². The van der Waals surface area contributed by atoms with E-state index in [1.54, 1.807) is 21.9 Å². The summed E-state index contributed by atoms with van der Waals surface area (Å²) in [5.41, 5.74) is 5.53. The number of sulfonamides is 1. The van der Waals surface area contributed by atoms with E-state index in [1.165, 1.54) is 4.31 Å². The molecule has 0 unspecified atom stereocenters. The minimum Gasteiger partial charge on any atom is -0.336 e. The maximum atomic E-state index is 13.4. The molecular formula is C24H27N3O4S. The predicted molar refractivity (Wildman–Crippen MR) is 121 cm³/mol. The van der Waals surface area contributed by atoms with Crippen LogP contribution in [0.25, 0.3) is 0 Å². The van der Waals surface area contributed by atoms with Gasteiger partial charge in [-0.05, 0) is 62.1 Å². The Kier molecular flexibility index (Phi) is 5.09. The molecule has 0 saturated carbocycles. The summed E-state index contributed by atoms with van der Waals surface area (Å²) in [4.78, 5) is 28.9. The number of nitrogens with zero attached hydrogens (tertiary/aromatic N) is 3. The molecule has 5 rings (SSSR count). The Bertz CT molecular complexity index is 1210. The molecule has 168 valence electrons. The molecule has 3 aliphatic heterocycles. The normalized spacial score (nSPS) is 18.8. The molecule has 7 nitrogen and oxygen atoms in total. The van der Waals surface area contributed by atoms with Gasteiger partial charge in [0.1, 0.15) is 0 Å². The van der Waals surface area contributed by atoms with Crippen LogP contribution in [0.15, 0.2) is 35.2 Å². The van der Waals surface area contributed by atoms with Crippen LogP contribution in [0.4, 0.5) is 5.69 Å². The molecule has 1 saturated heterocycles. The Labute approximate surface area is 188 Å². The molecule has 2 aromatic rings. The molecule has 2 amide bonds. The van der Waals surface area contributed by atoms with Gasteiger partial charge >= 0.3 is 0 Å². The molecule has 3 heterocycles. The van der Waals surface area contributed by atoms with Gasteiger partial charge in [-0.25, -0.2) is 8.42 Å². The Hall–Kier alpha value is -2.71. The summed E-state index contributed by atoms with van der Waals surface area (Å²) in [6, 6.07) is 9.26. The molecule has 0 aromatic heterocycles. The number of rotatable bonds is 3. The molecule has 2 aromatic carbocycles. The van der Waals surface area contributed by atoms with Gasteiger partial charge in [0.15, 0.2) is 0 Å². The zero-order valence-electron chi connectivity index (χ0n) is 18.4. The van der Waals surface area contributed by atoms with E-state index in [4.69, 9.17) is 0 Å². The van der Waals surface area contributed by atoms with Crippen LogP contribution in [0.5, 0.6) is 0 Å². The van der Waals surface area contributed by atoms with Crippen LogP contribution in [0.3, 0.4) is 0 Å². The van der Waals surface area contributed by atoms with Gasteiger partial charge in [0.2, 0.25) is 15.9 Å². The van der Waals surface area contributed by atoms with Crippen molar-refractivity contribution >= 4 is 27.5 Å². The van der Waals surface area contributed by atoms with Crippen molar-refractivity contribution in [2.75, 3.05) is 37.6 Å². The molecular weight excluding hydrogens is 426 g/mol. The number of aryl methyl sites for hydroxylation is 3. The monoisotopic (exact) mass is 453 g/mol. The first-order valence-corrected chi connectivity index (χ1v) is 12.5. The molecule has 32 heavy (non-hydrogen) atoms. The van der Waals surface area contributed by atoms with E-state index in [9.17, 15) is 18.0 Å². The number of amides is 2. The van der Waals surface area contributed by atoms with Crippen molar-refractivity contribution in [3.63, 3.8) is 0 Å². The summed E-state index contributed by atoms with van der Waals surface area (Å²) in [6.45, 7) is 5.84. The molecule has 3 aliphatic rings.